The molecule has 0 spiro atoms. The molecule has 0 fully saturated rings. The molecule has 1 aromatic carbocycles. The van der Waals surface area contributed by atoms with E-state index in [4.69, 9.17) is 0 Å². The molecule has 21 heavy (non-hydrogen) atoms. The van der Waals surface area contributed by atoms with E-state index in [0.29, 0.717) is 18.7 Å². The summed E-state index contributed by atoms with van der Waals surface area (Å²) in [5.41, 5.74) is -0.304. The average molecular weight is 306 g/mol. The summed E-state index contributed by atoms with van der Waals surface area (Å²) in [4.78, 5) is 12.9. The Morgan fingerprint density at radius 1 is 1.29 bits per heavy atom. The van der Waals surface area contributed by atoms with Gasteiger partial charge in [0.2, 0.25) is 0 Å². The summed E-state index contributed by atoms with van der Waals surface area (Å²) in [5.74, 6) is -0.435. The zero-order valence-corrected chi connectivity index (χ0v) is 13.1. The fourth-order valence-electron chi connectivity index (χ4n) is 2.34. The number of aliphatic carboxylic acids is 1. The third kappa shape index (κ3) is 2.65. The minimum atomic E-state index is -1.11. The molecule has 0 aliphatic rings. The van der Waals surface area contributed by atoms with E-state index in [1.807, 2.05) is 44.4 Å². The first-order chi connectivity index (χ1) is 10.1. The van der Waals surface area contributed by atoms with Gasteiger partial charge in [-0.05, 0) is 41.7 Å². The van der Waals surface area contributed by atoms with Gasteiger partial charge in [0.05, 0.1) is 0 Å². The van der Waals surface area contributed by atoms with Gasteiger partial charge in [-0.3, -0.25) is 0 Å². The Morgan fingerprint density at radius 3 is 2.38 bits per heavy atom. The monoisotopic (exact) mass is 306 g/mol. The Morgan fingerprint density at radius 2 is 1.90 bits per heavy atom. The van der Waals surface area contributed by atoms with Crippen LogP contribution in [0.5, 0.6) is 0 Å². The maximum Gasteiger partial charge on any atom is 0.331 e. The number of carboxylic acid groups (broad SMARTS) is 1. The van der Waals surface area contributed by atoms with Gasteiger partial charge in [-0.25, -0.2) is 9.48 Å². The van der Waals surface area contributed by atoms with E-state index in [0.717, 1.165) is 10.5 Å². The van der Waals surface area contributed by atoms with E-state index < -0.39 is 11.5 Å². The van der Waals surface area contributed by atoms with Crippen molar-refractivity contribution in [3.05, 3.63) is 24.3 Å². The normalized spacial score (nSPS) is 11.6. The molecule has 1 aromatic heterocycles. The van der Waals surface area contributed by atoms with Crippen LogP contribution in [0, 0.1) is 0 Å². The lowest BCUT2D eigenvalue weighted by atomic mass is 9.92. The largest absolute Gasteiger partial charge is 0.479 e. The zero-order chi connectivity index (χ0) is 15.5. The number of hydrogen-bond donors (Lipinski definition) is 1. The van der Waals surface area contributed by atoms with Gasteiger partial charge in [0.1, 0.15) is 0 Å². The van der Waals surface area contributed by atoms with Crippen LogP contribution < -0.4 is 0 Å². The first-order valence-electron chi connectivity index (χ1n) is 6.75. The summed E-state index contributed by atoms with van der Waals surface area (Å²) in [7, 11) is 0. The molecule has 6 nitrogen and oxygen atoms in total. The Balaban J connectivity index is 2.53. The summed E-state index contributed by atoms with van der Waals surface area (Å²) in [6.45, 7) is 3.67. The lowest BCUT2D eigenvalue weighted by Gasteiger charge is -2.27. The van der Waals surface area contributed by atoms with Crippen LogP contribution in [0.1, 0.15) is 26.7 Å². The molecule has 0 bridgehead atoms. The van der Waals surface area contributed by atoms with Crippen molar-refractivity contribution in [3.63, 3.8) is 0 Å². The van der Waals surface area contributed by atoms with Gasteiger partial charge in [0, 0.05) is 10.5 Å². The third-order valence-corrected chi connectivity index (χ3v) is 4.53. The first kappa shape index (κ1) is 15.5. The van der Waals surface area contributed by atoms with Gasteiger partial charge < -0.3 is 5.11 Å². The van der Waals surface area contributed by atoms with Crippen LogP contribution in [-0.2, 0) is 10.3 Å². The minimum absolute atomic E-state index is 0.416. The number of carbonyl (C=O) groups is 1. The SMILES string of the molecule is CCC(CC)(C(=O)O)n1nnnc1-c1ccc(SC)cc1. The molecule has 1 N–H and O–H groups in total. The van der Waals surface area contributed by atoms with Gasteiger partial charge in [-0.2, -0.15) is 0 Å². The topological polar surface area (TPSA) is 80.9 Å². The summed E-state index contributed by atoms with van der Waals surface area (Å²) in [6.07, 6.45) is 2.84. The maximum atomic E-state index is 11.7. The quantitative estimate of drug-likeness (QED) is 0.826. The van der Waals surface area contributed by atoms with Crippen molar-refractivity contribution in [3.8, 4) is 11.4 Å². The van der Waals surface area contributed by atoms with Crippen molar-refractivity contribution in [1.82, 2.24) is 20.2 Å². The van der Waals surface area contributed by atoms with Gasteiger partial charge in [-0.15, -0.1) is 16.9 Å². The highest BCUT2D eigenvalue weighted by Crippen LogP contribution is 2.30. The minimum Gasteiger partial charge on any atom is -0.479 e. The Bertz CT molecular complexity index is 620. The lowest BCUT2D eigenvalue weighted by Crippen LogP contribution is -2.42. The Labute approximate surface area is 127 Å². The predicted octanol–water partition coefficient (Wildman–Crippen LogP) is 2.66. The first-order valence-corrected chi connectivity index (χ1v) is 7.98. The van der Waals surface area contributed by atoms with E-state index in [9.17, 15) is 9.90 Å². The summed E-state index contributed by atoms with van der Waals surface area (Å²) in [5, 5.41) is 21.3. The molecule has 7 heteroatoms. The van der Waals surface area contributed by atoms with Crippen molar-refractivity contribution in [1.29, 1.82) is 0 Å². The molecule has 0 radical (unpaired) electrons. The lowest BCUT2D eigenvalue weighted by molar-refractivity contribution is -0.148. The summed E-state index contributed by atoms with van der Waals surface area (Å²) in [6, 6.07) is 7.76. The number of nitrogens with zero attached hydrogens (tertiary/aromatic N) is 4. The number of benzene rings is 1. The van der Waals surface area contributed by atoms with Crippen LogP contribution >= 0.6 is 11.8 Å². The van der Waals surface area contributed by atoms with E-state index in [1.165, 1.54) is 4.68 Å². The number of aromatic nitrogens is 4. The van der Waals surface area contributed by atoms with Crippen LogP contribution in [0.4, 0.5) is 0 Å². The number of thioether (sulfide) groups is 1. The molecule has 112 valence electrons. The molecule has 1 heterocycles. The van der Waals surface area contributed by atoms with Crippen LogP contribution in [0.3, 0.4) is 0 Å². The molecular weight excluding hydrogens is 288 g/mol. The van der Waals surface area contributed by atoms with Crippen molar-refractivity contribution in [2.75, 3.05) is 6.26 Å². The molecule has 0 unspecified atom stereocenters. The highest BCUT2D eigenvalue weighted by atomic mass is 32.2. The molecule has 0 aliphatic heterocycles. The molecular formula is C14H18N4O2S. The molecule has 2 rings (SSSR count). The van der Waals surface area contributed by atoms with Crippen LogP contribution in [-0.4, -0.2) is 37.5 Å². The molecule has 0 atom stereocenters. The number of hydrogen-bond acceptors (Lipinski definition) is 5. The van der Waals surface area contributed by atoms with Crippen molar-refractivity contribution < 1.29 is 9.90 Å². The maximum absolute atomic E-state index is 11.7. The van der Waals surface area contributed by atoms with Crippen molar-refractivity contribution in [2.24, 2.45) is 0 Å². The van der Waals surface area contributed by atoms with Gasteiger partial charge in [0.25, 0.3) is 0 Å². The number of rotatable bonds is 6. The number of tetrazole rings is 1. The average Bonchev–Trinajstić information content (AvgIpc) is 2.99. The van der Waals surface area contributed by atoms with E-state index in [2.05, 4.69) is 15.5 Å². The fraction of sp³-hybridized carbons (Fsp3) is 0.429. The van der Waals surface area contributed by atoms with Gasteiger partial charge in [-0.1, -0.05) is 26.0 Å². The summed E-state index contributed by atoms with van der Waals surface area (Å²) >= 11 is 1.65. The molecule has 0 saturated carbocycles. The van der Waals surface area contributed by atoms with Gasteiger partial charge in [0.15, 0.2) is 11.4 Å². The van der Waals surface area contributed by atoms with Crippen LogP contribution in [0.25, 0.3) is 11.4 Å². The Kier molecular flexibility index (Phi) is 4.62. The molecule has 0 aliphatic carbocycles. The van der Waals surface area contributed by atoms with E-state index >= 15 is 0 Å². The fourth-order valence-corrected chi connectivity index (χ4v) is 2.75. The second-order valence-corrected chi connectivity index (χ2v) is 5.57. The molecule has 0 saturated heterocycles. The third-order valence-electron chi connectivity index (χ3n) is 3.79. The highest BCUT2D eigenvalue weighted by molar-refractivity contribution is 7.98. The second kappa shape index (κ2) is 6.26. The molecule has 2 aromatic rings. The van der Waals surface area contributed by atoms with Gasteiger partial charge >= 0.3 is 5.97 Å². The van der Waals surface area contributed by atoms with Crippen molar-refractivity contribution >= 4 is 17.7 Å². The standard InChI is InChI=1S/C14H18N4O2S/c1-4-14(5-2,13(19)20)18-12(15-16-17-18)10-6-8-11(21-3)9-7-10/h6-9H,4-5H2,1-3H3,(H,19,20). The zero-order valence-electron chi connectivity index (χ0n) is 12.3. The highest BCUT2D eigenvalue weighted by Gasteiger charge is 2.40. The van der Waals surface area contributed by atoms with Crippen molar-refractivity contribution in [2.45, 2.75) is 37.1 Å². The molecule has 0 amide bonds. The predicted molar refractivity (Wildman–Crippen MR) is 81.2 cm³/mol. The van der Waals surface area contributed by atoms with Crippen LogP contribution in [0.15, 0.2) is 29.2 Å². The smallest absolute Gasteiger partial charge is 0.331 e. The van der Waals surface area contributed by atoms with E-state index in [-0.39, 0.29) is 0 Å². The summed E-state index contributed by atoms with van der Waals surface area (Å²) < 4.78 is 1.43. The Hall–Kier alpha value is -1.89. The number of carboxylic acids is 1. The van der Waals surface area contributed by atoms with E-state index in [1.54, 1.807) is 11.8 Å². The van der Waals surface area contributed by atoms with Crippen LogP contribution in [0.2, 0.25) is 0 Å². The second-order valence-electron chi connectivity index (χ2n) is 4.69.